The number of likely N-dealkylation sites (N-methyl/N-ethyl adjacent to an activating group) is 1. The lowest BCUT2D eigenvalue weighted by atomic mass is 9.90. The predicted octanol–water partition coefficient (Wildman–Crippen LogP) is 1.88. The summed E-state index contributed by atoms with van der Waals surface area (Å²) in [7, 11) is 3.59. The van der Waals surface area contributed by atoms with E-state index in [1.54, 1.807) is 14.2 Å². The molecule has 0 amide bonds. The van der Waals surface area contributed by atoms with Gasteiger partial charge in [-0.2, -0.15) is 0 Å². The van der Waals surface area contributed by atoms with Gasteiger partial charge in [0.2, 0.25) is 0 Å². The Balaban J connectivity index is 1.96. The molecule has 3 rings (SSSR count). The average molecular weight is 333 g/mol. The number of benzene rings is 1. The normalized spacial score (nSPS) is 22.2. The summed E-state index contributed by atoms with van der Waals surface area (Å²) >= 11 is 0. The molecule has 1 aromatic rings. The Bertz CT molecular complexity index is 570. The number of ether oxygens (including phenoxy) is 2. The van der Waals surface area contributed by atoms with Crippen LogP contribution in [0.2, 0.25) is 0 Å². The minimum Gasteiger partial charge on any atom is -0.496 e. The first-order chi connectivity index (χ1) is 11.7. The molecule has 134 valence electrons. The molecule has 1 N–H and O–H groups in total. The van der Waals surface area contributed by atoms with Crippen LogP contribution in [0.3, 0.4) is 0 Å². The number of piperazine rings is 1. The Morgan fingerprint density at radius 3 is 2.54 bits per heavy atom. The van der Waals surface area contributed by atoms with E-state index in [0.717, 1.165) is 63.7 Å². The molecule has 1 fully saturated rings. The van der Waals surface area contributed by atoms with Crippen LogP contribution >= 0.6 is 0 Å². The zero-order chi connectivity index (χ0) is 17.1. The average Bonchev–Trinajstić information content (AvgIpc) is 2.61. The first-order valence-electron chi connectivity index (χ1n) is 9.10. The van der Waals surface area contributed by atoms with Crippen molar-refractivity contribution >= 4 is 0 Å². The fraction of sp³-hybridized carbons (Fsp3) is 0.684. The Morgan fingerprint density at radius 1 is 1.17 bits per heavy atom. The number of methoxy groups -OCH3 is 2. The Labute approximate surface area is 145 Å². The van der Waals surface area contributed by atoms with E-state index in [1.807, 2.05) is 0 Å². The molecule has 0 spiro atoms. The molecule has 5 heteroatoms. The summed E-state index contributed by atoms with van der Waals surface area (Å²) in [5.74, 6) is 2.09. The van der Waals surface area contributed by atoms with E-state index in [4.69, 9.17) is 9.47 Å². The van der Waals surface area contributed by atoms with Gasteiger partial charge >= 0.3 is 0 Å². The molecule has 1 atom stereocenters. The largest absolute Gasteiger partial charge is 0.496 e. The van der Waals surface area contributed by atoms with E-state index in [-0.39, 0.29) is 0 Å². The smallest absolute Gasteiger partial charge is 0.127 e. The van der Waals surface area contributed by atoms with Crippen LogP contribution in [-0.4, -0.2) is 62.8 Å². The summed E-state index contributed by atoms with van der Waals surface area (Å²) in [6.07, 6.45) is 1.03. The summed E-state index contributed by atoms with van der Waals surface area (Å²) in [5, 5.41) is 3.42. The quantitative estimate of drug-likeness (QED) is 0.890. The van der Waals surface area contributed by atoms with Crippen molar-refractivity contribution < 1.29 is 9.47 Å². The molecule has 2 heterocycles. The third kappa shape index (κ3) is 3.39. The predicted molar refractivity (Wildman–Crippen MR) is 96.9 cm³/mol. The lowest BCUT2D eigenvalue weighted by Gasteiger charge is -2.36. The fourth-order valence-corrected chi connectivity index (χ4v) is 4.05. The molecule has 24 heavy (non-hydrogen) atoms. The van der Waals surface area contributed by atoms with Crippen LogP contribution in [-0.2, 0) is 19.5 Å². The van der Waals surface area contributed by atoms with Gasteiger partial charge in [0, 0.05) is 62.0 Å². The van der Waals surface area contributed by atoms with Gasteiger partial charge in [0.1, 0.15) is 11.5 Å². The maximum atomic E-state index is 5.89. The van der Waals surface area contributed by atoms with Gasteiger partial charge in [-0.3, -0.25) is 9.80 Å². The van der Waals surface area contributed by atoms with Gasteiger partial charge in [0.05, 0.1) is 14.2 Å². The Kier molecular flexibility index (Phi) is 5.64. The SMILES string of the molecule is CCN1Cc2c(OC)cc(CN3CCNCC3)c(OC)c2CC1C. The Hall–Kier alpha value is -1.30. The van der Waals surface area contributed by atoms with Crippen molar-refractivity contribution in [3.63, 3.8) is 0 Å². The molecule has 0 saturated carbocycles. The van der Waals surface area contributed by atoms with Crippen LogP contribution < -0.4 is 14.8 Å². The summed E-state index contributed by atoms with van der Waals surface area (Å²) in [4.78, 5) is 4.99. The number of fused-ring (bicyclic) bond motifs is 1. The molecule has 5 nitrogen and oxygen atoms in total. The number of nitrogens with zero attached hydrogens (tertiary/aromatic N) is 2. The van der Waals surface area contributed by atoms with E-state index < -0.39 is 0 Å². The lowest BCUT2D eigenvalue weighted by molar-refractivity contribution is 0.188. The number of hydrogen-bond donors (Lipinski definition) is 1. The third-order valence-electron chi connectivity index (χ3n) is 5.45. The van der Waals surface area contributed by atoms with E-state index in [9.17, 15) is 0 Å². The van der Waals surface area contributed by atoms with E-state index in [1.165, 1.54) is 16.7 Å². The van der Waals surface area contributed by atoms with E-state index in [2.05, 4.69) is 35.0 Å². The van der Waals surface area contributed by atoms with Gasteiger partial charge in [-0.25, -0.2) is 0 Å². The molecule has 0 aromatic heterocycles. The van der Waals surface area contributed by atoms with Crippen molar-refractivity contribution in [2.45, 2.75) is 39.4 Å². The van der Waals surface area contributed by atoms with Crippen LogP contribution in [0.4, 0.5) is 0 Å². The highest BCUT2D eigenvalue weighted by Gasteiger charge is 2.29. The van der Waals surface area contributed by atoms with Crippen LogP contribution in [0.5, 0.6) is 11.5 Å². The lowest BCUT2D eigenvalue weighted by Crippen LogP contribution is -2.43. The number of hydrogen-bond acceptors (Lipinski definition) is 5. The number of rotatable bonds is 5. The molecule has 1 saturated heterocycles. The van der Waals surface area contributed by atoms with Crippen molar-refractivity contribution in [1.82, 2.24) is 15.1 Å². The third-order valence-corrected chi connectivity index (χ3v) is 5.45. The van der Waals surface area contributed by atoms with Crippen molar-refractivity contribution in [2.75, 3.05) is 46.9 Å². The Morgan fingerprint density at radius 2 is 1.92 bits per heavy atom. The minimum absolute atomic E-state index is 0.538. The van der Waals surface area contributed by atoms with Gasteiger partial charge in [-0.15, -0.1) is 0 Å². The highest BCUT2D eigenvalue weighted by atomic mass is 16.5. The molecule has 1 aromatic carbocycles. The van der Waals surface area contributed by atoms with Crippen molar-refractivity contribution in [2.24, 2.45) is 0 Å². The minimum atomic E-state index is 0.538. The van der Waals surface area contributed by atoms with Crippen LogP contribution in [0.25, 0.3) is 0 Å². The fourth-order valence-electron chi connectivity index (χ4n) is 4.05. The van der Waals surface area contributed by atoms with E-state index in [0.29, 0.717) is 6.04 Å². The standard InChI is InChI=1S/C19H31N3O2/c1-5-22-13-17-16(10-14(22)2)19(24-4)15(11-18(17)23-3)12-21-8-6-20-7-9-21/h11,14,20H,5-10,12-13H2,1-4H3. The first kappa shape index (κ1) is 17.5. The van der Waals surface area contributed by atoms with Gasteiger partial charge in [-0.05, 0) is 26.0 Å². The van der Waals surface area contributed by atoms with E-state index >= 15 is 0 Å². The van der Waals surface area contributed by atoms with Crippen molar-refractivity contribution in [3.8, 4) is 11.5 Å². The second-order valence-electron chi connectivity index (χ2n) is 6.87. The highest BCUT2D eigenvalue weighted by molar-refractivity contribution is 5.55. The molecule has 2 aliphatic rings. The second kappa shape index (κ2) is 7.72. The van der Waals surface area contributed by atoms with Crippen molar-refractivity contribution in [3.05, 3.63) is 22.8 Å². The number of nitrogens with one attached hydrogen (secondary N) is 1. The maximum Gasteiger partial charge on any atom is 0.127 e. The van der Waals surface area contributed by atoms with Crippen LogP contribution in [0.15, 0.2) is 6.07 Å². The van der Waals surface area contributed by atoms with Gasteiger partial charge in [0.25, 0.3) is 0 Å². The summed E-state index contributed by atoms with van der Waals surface area (Å²) < 4.78 is 11.6. The van der Waals surface area contributed by atoms with Gasteiger partial charge in [0.15, 0.2) is 0 Å². The topological polar surface area (TPSA) is 37.0 Å². The first-order valence-corrected chi connectivity index (χ1v) is 9.10. The zero-order valence-electron chi connectivity index (χ0n) is 15.5. The molecule has 0 bridgehead atoms. The molecule has 0 aliphatic carbocycles. The molecule has 2 aliphatic heterocycles. The second-order valence-corrected chi connectivity index (χ2v) is 6.87. The molecular weight excluding hydrogens is 302 g/mol. The molecule has 1 unspecified atom stereocenters. The maximum absolute atomic E-state index is 5.89. The van der Waals surface area contributed by atoms with Crippen LogP contribution in [0, 0.1) is 0 Å². The van der Waals surface area contributed by atoms with Gasteiger partial charge < -0.3 is 14.8 Å². The summed E-state index contributed by atoms with van der Waals surface area (Å²) in [6, 6.07) is 2.74. The van der Waals surface area contributed by atoms with Crippen molar-refractivity contribution in [1.29, 1.82) is 0 Å². The van der Waals surface area contributed by atoms with Crippen LogP contribution in [0.1, 0.15) is 30.5 Å². The zero-order valence-corrected chi connectivity index (χ0v) is 15.5. The monoisotopic (exact) mass is 333 g/mol. The van der Waals surface area contributed by atoms with Gasteiger partial charge in [-0.1, -0.05) is 6.92 Å². The molecule has 0 radical (unpaired) electrons. The highest BCUT2D eigenvalue weighted by Crippen LogP contribution is 2.40. The summed E-state index contributed by atoms with van der Waals surface area (Å²) in [6.45, 7) is 11.8. The molecular formula is C19H31N3O2. The summed E-state index contributed by atoms with van der Waals surface area (Å²) in [5.41, 5.74) is 3.91.